The van der Waals surface area contributed by atoms with Crippen molar-refractivity contribution in [1.29, 1.82) is 0 Å². The van der Waals surface area contributed by atoms with E-state index in [-0.39, 0.29) is 17.5 Å². The summed E-state index contributed by atoms with van der Waals surface area (Å²) in [6.45, 7) is 4.01. The summed E-state index contributed by atoms with van der Waals surface area (Å²) >= 11 is 0. The number of hydrogen-bond acceptors (Lipinski definition) is 5. The van der Waals surface area contributed by atoms with Gasteiger partial charge in [-0.2, -0.15) is 0 Å². The Morgan fingerprint density at radius 2 is 1.67 bits per heavy atom. The minimum atomic E-state index is -4.77. The number of nitrogens with zero attached hydrogens (tertiary/aromatic N) is 2. The highest BCUT2D eigenvalue weighted by molar-refractivity contribution is 5.74. The number of aromatic nitrogens is 1. The first-order valence-corrected chi connectivity index (χ1v) is 10.2. The molecule has 3 aromatic rings. The van der Waals surface area contributed by atoms with Crippen LogP contribution in [-0.2, 0) is 5.41 Å². The molecule has 2 aliphatic heterocycles. The van der Waals surface area contributed by atoms with E-state index in [0.717, 1.165) is 11.3 Å². The summed E-state index contributed by atoms with van der Waals surface area (Å²) in [6, 6.07) is 12.3. The van der Waals surface area contributed by atoms with Crippen LogP contribution >= 0.6 is 0 Å². The van der Waals surface area contributed by atoms with E-state index in [0.29, 0.717) is 17.0 Å². The third-order valence-corrected chi connectivity index (χ3v) is 6.48. The molecule has 0 aliphatic carbocycles. The molecule has 2 aliphatic rings. The lowest BCUT2D eigenvalue weighted by atomic mass is 9.76. The molecule has 9 heteroatoms. The Morgan fingerprint density at radius 1 is 0.970 bits per heavy atom. The van der Waals surface area contributed by atoms with Crippen molar-refractivity contribution >= 4 is 11.8 Å². The molecule has 0 fully saturated rings. The minimum absolute atomic E-state index is 0.0917. The van der Waals surface area contributed by atoms with E-state index in [1.54, 1.807) is 12.1 Å². The summed E-state index contributed by atoms with van der Waals surface area (Å²) in [7, 11) is 1.88. The van der Waals surface area contributed by atoms with Crippen LogP contribution in [0.4, 0.5) is 18.9 Å². The number of ether oxygens (including phenoxy) is 2. The number of fused-ring (bicyclic) bond motifs is 2. The fourth-order valence-corrected chi connectivity index (χ4v) is 4.79. The van der Waals surface area contributed by atoms with E-state index < -0.39 is 17.5 Å². The molecule has 1 unspecified atom stereocenters. The molecule has 1 atom stereocenters. The van der Waals surface area contributed by atoms with Crippen molar-refractivity contribution in [3.8, 4) is 28.9 Å². The molecule has 0 bridgehead atoms. The number of benzene rings is 2. The highest BCUT2D eigenvalue weighted by Crippen LogP contribution is 2.55. The van der Waals surface area contributed by atoms with Gasteiger partial charge in [0.05, 0.1) is 11.1 Å². The van der Waals surface area contributed by atoms with E-state index >= 15 is 0 Å². The van der Waals surface area contributed by atoms with E-state index in [4.69, 9.17) is 4.74 Å². The Labute approximate surface area is 187 Å². The van der Waals surface area contributed by atoms with E-state index in [1.165, 1.54) is 34.9 Å². The summed E-state index contributed by atoms with van der Waals surface area (Å²) in [5.74, 6) is -0.0682. The number of rotatable bonds is 2. The van der Waals surface area contributed by atoms with Crippen LogP contribution in [0.5, 0.6) is 23.3 Å². The average molecular weight is 458 g/mol. The highest BCUT2D eigenvalue weighted by Gasteiger charge is 2.57. The second kappa shape index (κ2) is 6.63. The van der Waals surface area contributed by atoms with Gasteiger partial charge >= 0.3 is 6.36 Å². The monoisotopic (exact) mass is 458 g/mol. The molecule has 2 aromatic carbocycles. The van der Waals surface area contributed by atoms with Crippen molar-refractivity contribution in [2.45, 2.75) is 31.3 Å². The van der Waals surface area contributed by atoms with Crippen LogP contribution in [0.1, 0.15) is 25.0 Å². The number of hydrogen-bond donors (Lipinski definition) is 2. The van der Waals surface area contributed by atoms with Crippen LogP contribution in [0.25, 0.3) is 11.8 Å². The van der Waals surface area contributed by atoms with Gasteiger partial charge in [0.25, 0.3) is 0 Å². The van der Waals surface area contributed by atoms with Crippen molar-refractivity contribution in [3.63, 3.8) is 0 Å². The van der Waals surface area contributed by atoms with Gasteiger partial charge in [-0.3, -0.25) is 4.57 Å². The van der Waals surface area contributed by atoms with Gasteiger partial charge in [-0.05, 0) is 68.0 Å². The predicted molar refractivity (Wildman–Crippen MR) is 116 cm³/mol. The maximum atomic E-state index is 12.6. The molecule has 33 heavy (non-hydrogen) atoms. The van der Waals surface area contributed by atoms with Crippen molar-refractivity contribution in [2.24, 2.45) is 0 Å². The Bertz CT molecular complexity index is 1280. The topological polar surface area (TPSA) is 67.1 Å². The lowest BCUT2D eigenvalue weighted by Crippen LogP contribution is -2.58. The zero-order chi connectivity index (χ0) is 23.8. The number of alkyl halides is 3. The van der Waals surface area contributed by atoms with Crippen molar-refractivity contribution < 1.29 is 32.9 Å². The van der Waals surface area contributed by atoms with Crippen LogP contribution in [0.3, 0.4) is 0 Å². The number of aromatic hydroxyl groups is 2. The molecule has 172 valence electrons. The molecule has 0 radical (unpaired) electrons. The molecule has 1 aromatic heterocycles. The molecule has 5 rings (SSSR count). The lowest BCUT2D eigenvalue weighted by molar-refractivity contribution is -0.274. The minimum Gasteiger partial charge on any atom is -0.494 e. The molecule has 1 spiro atoms. The van der Waals surface area contributed by atoms with Crippen LogP contribution in [0, 0.1) is 0 Å². The molecule has 2 N–H and O–H groups in total. The SMILES string of the molecule is CN1c2ccc(-n3c(O)ccc3O)cc2C(C)(C)C12C=Cc1cc(OC(F)(F)F)ccc1O2. The average Bonchev–Trinajstić information content (AvgIpc) is 3.15. The molecule has 0 saturated carbocycles. The second-order valence-electron chi connectivity index (χ2n) is 8.65. The van der Waals surface area contributed by atoms with Crippen molar-refractivity contribution in [1.82, 2.24) is 4.57 Å². The molecular formula is C24H21F3N2O4. The van der Waals surface area contributed by atoms with Gasteiger partial charge in [0.2, 0.25) is 5.72 Å². The predicted octanol–water partition coefficient (Wildman–Crippen LogP) is 5.32. The highest BCUT2D eigenvalue weighted by atomic mass is 19.4. The van der Waals surface area contributed by atoms with Crippen LogP contribution < -0.4 is 14.4 Å². The van der Waals surface area contributed by atoms with Gasteiger partial charge in [0.15, 0.2) is 11.8 Å². The fourth-order valence-electron chi connectivity index (χ4n) is 4.79. The second-order valence-corrected chi connectivity index (χ2v) is 8.65. The summed E-state index contributed by atoms with van der Waals surface area (Å²) in [4.78, 5) is 1.97. The van der Waals surface area contributed by atoms with Crippen molar-refractivity contribution in [2.75, 3.05) is 11.9 Å². The molecular weight excluding hydrogens is 437 g/mol. The first-order chi connectivity index (χ1) is 15.4. The first kappa shape index (κ1) is 21.1. The van der Waals surface area contributed by atoms with Gasteiger partial charge in [-0.25, -0.2) is 0 Å². The van der Waals surface area contributed by atoms with E-state index in [9.17, 15) is 23.4 Å². The van der Waals surface area contributed by atoms with Gasteiger partial charge in [0, 0.05) is 30.4 Å². The largest absolute Gasteiger partial charge is 0.573 e. The summed E-state index contributed by atoms with van der Waals surface area (Å²) < 4.78 is 49.6. The number of halogens is 3. The zero-order valence-corrected chi connectivity index (χ0v) is 18.0. The third-order valence-electron chi connectivity index (χ3n) is 6.48. The quantitative estimate of drug-likeness (QED) is 0.544. The Balaban J connectivity index is 1.56. The van der Waals surface area contributed by atoms with Gasteiger partial charge in [-0.1, -0.05) is 0 Å². The third kappa shape index (κ3) is 3.02. The van der Waals surface area contributed by atoms with E-state index in [1.807, 2.05) is 44.0 Å². The van der Waals surface area contributed by atoms with E-state index in [2.05, 4.69) is 4.74 Å². The summed E-state index contributed by atoms with van der Waals surface area (Å²) in [6.07, 6.45) is -1.21. The Hall–Kier alpha value is -3.75. The molecule has 0 amide bonds. The maximum Gasteiger partial charge on any atom is 0.573 e. The van der Waals surface area contributed by atoms with Crippen LogP contribution in [0.15, 0.2) is 54.6 Å². The lowest BCUT2D eigenvalue weighted by Gasteiger charge is -2.45. The van der Waals surface area contributed by atoms with Crippen LogP contribution in [-0.4, -0.2) is 33.9 Å². The summed E-state index contributed by atoms with van der Waals surface area (Å²) in [5.41, 5.74) is 1.31. The molecule has 6 nitrogen and oxygen atoms in total. The number of anilines is 1. The first-order valence-electron chi connectivity index (χ1n) is 10.2. The normalized spacial score (nSPS) is 20.5. The van der Waals surface area contributed by atoms with Crippen molar-refractivity contribution in [3.05, 3.63) is 65.7 Å². The van der Waals surface area contributed by atoms with Crippen LogP contribution in [0.2, 0.25) is 0 Å². The fraction of sp³-hybridized carbons (Fsp3) is 0.250. The maximum absolute atomic E-state index is 12.6. The summed E-state index contributed by atoms with van der Waals surface area (Å²) in [5, 5.41) is 20.3. The zero-order valence-electron chi connectivity index (χ0n) is 18.0. The standard InChI is InChI=1S/C24H21F3N2O4/c1-22(2)17-13-15(29-20(30)8-9-21(29)31)4-6-18(17)28(3)23(22)11-10-14-12-16(32-24(25,26)27)5-7-19(14)33-23/h4-13,30-31H,1-3H3. The molecule has 0 saturated heterocycles. The Kier molecular flexibility index (Phi) is 4.24. The molecule has 3 heterocycles. The van der Waals surface area contributed by atoms with Gasteiger partial charge in [0.1, 0.15) is 11.5 Å². The Morgan fingerprint density at radius 3 is 2.33 bits per heavy atom. The van der Waals surface area contributed by atoms with Gasteiger partial charge < -0.3 is 24.6 Å². The van der Waals surface area contributed by atoms with Gasteiger partial charge in [-0.15, -0.1) is 13.2 Å². The smallest absolute Gasteiger partial charge is 0.494 e. The number of likely N-dealkylation sites (N-methyl/N-ethyl adjacent to an activating group) is 1.